The van der Waals surface area contributed by atoms with E-state index >= 15 is 4.79 Å². The normalized spacial score (nSPS) is 19.7. The number of likely N-dealkylation sites (tertiary alicyclic amines) is 1. The monoisotopic (exact) mass is 929 g/mol. The van der Waals surface area contributed by atoms with Crippen LogP contribution in [-0.4, -0.2) is 116 Å². The van der Waals surface area contributed by atoms with Gasteiger partial charge in [0.05, 0.1) is 35.7 Å². The number of hydrogen-bond donors (Lipinski definition) is 5. The summed E-state index contributed by atoms with van der Waals surface area (Å²) < 4.78 is 13.1. The fourth-order valence-corrected chi connectivity index (χ4v) is 9.83. The van der Waals surface area contributed by atoms with Crippen molar-refractivity contribution in [1.29, 1.82) is 0 Å². The highest BCUT2D eigenvalue weighted by atomic mass is 16.5. The number of fused-ring (bicyclic) bond motifs is 1. The number of rotatable bonds is 20. The van der Waals surface area contributed by atoms with E-state index in [0.29, 0.717) is 55.7 Å². The van der Waals surface area contributed by atoms with E-state index in [4.69, 9.17) is 15.2 Å². The Morgan fingerprint density at radius 1 is 0.866 bits per heavy atom. The lowest BCUT2D eigenvalue weighted by atomic mass is 9.78. The molecular formula is C50H72N8O9. The van der Waals surface area contributed by atoms with Gasteiger partial charge in [0.1, 0.15) is 23.2 Å². The van der Waals surface area contributed by atoms with Gasteiger partial charge in [0.15, 0.2) is 0 Å². The summed E-state index contributed by atoms with van der Waals surface area (Å²) >= 11 is 0. The van der Waals surface area contributed by atoms with Crippen LogP contribution in [0.2, 0.25) is 0 Å². The fourth-order valence-electron chi connectivity index (χ4n) is 9.83. The zero-order valence-corrected chi connectivity index (χ0v) is 40.5. The van der Waals surface area contributed by atoms with Crippen molar-refractivity contribution in [3.05, 3.63) is 59.4 Å². The van der Waals surface area contributed by atoms with Crippen LogP contribution in [0.3, 0.4) is 0 Å². The van der Waals surface area contributed by atoms with Gasteiger partial charge in [0.25, 0.3) is 17.7 Å². The number of nitrogens with two attached hydrogens (primary N) is 1. The summed E-state index contributed by atoms with van der Waals surface area (Å²) in [5.74, 6) is -3.64. The van der Waals surface area contributed by atoms with Crippen LogP contribution in [0.15, 0.2) is 42.6 Å². The van der Waals surface area contributed by atoms with Gasteiger partial charge < -0.3 is 41.2 Å². The molecule has 0 spiro atoms. The lowest BCUT2D eigenvalue weighted by Gasteiger charge is -2.38. The van der Waals surface area contributed by atoms with Gasteiger partial charge in [-0.3, -0.25) is 28.8 Å². The second kappa shape index (κ2) is 21.4. The Bertz CT molecular complexity index is 2270. The highest BCUT2D eigenvalue weighted by Gasteiger charge is 2.49. The first-order valence-corrected chi connectivity index (χ1v) is 24.0. The quantitative estimate of drug-likeness (QED) is 0.0927. The van der Waals surface area contributed by atoms with Gasteiger partial charge in [-0.2, -0.15) is 0 Å². The molecule has 5 amide bonds. The number of ketones is 1. The van der Waals surface area contributed by atoms with Gasteiger partial charge in [-0.25, -0.2) is 4.68 Å². The average Bonchev–Trinajstić information content (AvgIpc) is 3.98. The number of carbonyl (C=O) groups is 6. The van der Waals surface area contributed by atoms with Gasteiger partial charge in [0.2, 0.25) is 17.6 Å². The van der Waals surface area contributed by atoms with Gasteiger partial charge >= 0.3 is 0 Å². The summed E-state index contributed by atoms with van der Waals surface area (Å²) in [7, 11) is 1.68. The summed E-state index contributed by atoms with van der Waals surface area (Å²) in [6.07, 6.45) is 10.6. The summed E-state index contributed by atoms with van der Waals surface area (Å²) in [6, 6.07) is 7.71. The first kappa shape index (κ1) is 51.1. The number of Topliss-reactive ketones (excluding diaryl/α,β-unsaturated/α-hetero) is 1. The number of benzene rings is 2. The first-order valence-electron chi connectivity index (χ1n) is 24.0. The minimum Gasteiger partial charge on any atom is -0.384 e. The molecule has 1 aliphatic heterocycles. The number of nitrogens with zero attached hydrogens (tertiary/aromatic N) is 4. The maximum absolute atomic E-state index is 15.1. The van der Waals surface area contributed by atoms with Crippen molar-refractivity contribution in [3.8, 4) is 0 Å². The number of hydrogen-bond acceptors (Lipinski definition) is 11. The Kier molecular flexibility index (Phi) is 16.3. The Balaban J connectivity index is 1.21. The molecular weight excluding hydrogens is 857 g/mol. The summed E-state index contributed by atoms with van der Waals surface area (Å²) in [4.78, 5) is 84.2. The van der Waals surface area contributed by atoms with Crippen LogP contribution in [0.1, 0.15) is 164 Å². The van der Waals surface area contributed by atoms with Crippen LogP contribution in [0, 0.1) is 5.92 Å². The largest absolute Gasteiger partial charge is 0.384 e. The molecule has 6 rings (SSSR count). The molecule has 3 aliphatic rings. The lowest BCUT2D eigenvalue weighted by Crippen LogP contribution is -2.62. The number of ether oxygens (including phenoxy) is 2. The molecule has 1 aromatic heterocycles. The van der Waals surface area contributed by atoms with Crippen LogP contribution in [0.4, 0.5) is 0 Å². The Hall–Kier alpha value is -5.26. The van der Waals surface area contributed by atoms with E-state index in [0.717, 1.165) is 55.7 Å². The predicted molar refractivity (Wildman–Crippen MR) is 252 cm³/mol. The number of primary amides is 1. The smallest absolute Gasteiger partial charge is 0.287 e. The van der Waals surface area contributed by atoms with Crippen LogP contribution in [0.5, 0.6) is 0 Å². The summed E-state index contributed by atoms with van der Waals surface area (Å²) in [5.41, 5.74) is 3.12. The predicted octanol–water partition coefficient (Wildman–Crippen LogP) is 5.17. The number of carbonyl (C=O) groups excluding carboxylic acids is 6. The zero-order chi connectivity index (χ0) is 48.7. The van der Waals surface area contributed by atoms with Crippen molar-refractivity contribution in [2.24, 2.45) is 11.7 Å². The standard InChI is InChI=1S/C50H72N8O9/c1-47(2,66-7)23-25-67-48(3,4)22-24-52-43(61)35-18-16-34-28-36(19-17-33(34)27-35)44(62)54-38(26-32-14-10-8-11-15-32)46(64)57-31-37(58-40(30-53-56-58)49(5,6)65)29-39(57)45(63)55-50(41(59)42(51)60)20-12-9-13-21-50/h16-19,27-28,30,32,37-39,65H,8-15,20-26,29,31H2,1-7H3,(H2,51,60)(H,52,61)(H,54,62)(H,55,63)/t37-,38+,39-/m0/s1. The third-order valence-corrected chi connectivity index (χ3v) is 14.2. The zero-order valence-electron chi connectivity index (χ0n) is 40.5. The summed E-state index contributed by atoms with van der Waals surface area (Å²) in [6.45, 7) is 12.2. The molecule has 6 N–H and O–H groups in total. The molecule has 2 heterocycles. The molecule has 17 nitrogen and oxygen atoms in total. The Labute approximate surface area is 394 Å². The highest BCUT2D eigenvalue weighted by molar-refractivity contribution is 6.39. The molecule has 67 heavy (non-hydrogen) atoms. The fraction of sp³-hybridized carbons (Fsp3) is 0.640. The van der Waals surface area contributed by atoms with E-state index in [2.05, 4.69) is 26.3 Å². The molecule has 0 bridgehead atoms. The lowest BCUT2D eigenvalue weighted by molar-refractivity contribution is -0.145. The van der Waals surface area contributed by atoms with E-state index in [-0.39, 0.29) is 43.2 Å². The topological polar surface area (TPSA) is 237 Å². The van der Waals surface area contributed by atoms with Crippen molar-refractivity contribution < 1.29 is 43.3 Å². The third kappa shape index (κ3) is 12.8. The van der Waals surface area contributed by atoms with E-state index in [9.17, 15) is 29.1 Å². The van der Waals surface area contributed by atoms with E-state index in [1.165, 1.54) is 15.8 Å². The average molecular weight is 929 g/mol. The van der Waals surface area contributed by atoms with Crippen LogP contribution < -0.4 is 21.7 Å². The minimum absolute atomic E-state index is 0.00194. The third-order valence-electron chi connectivity index (χ3n) is 14.2. The van der Waals surface area contributed by atoms with Gasteiger partial charge in [-0.1, -0.05) is 68.7 Å². The Morgan fingerprint density at radius 2 is 1.49 bits per heavy atom. The van der Waals surface area contributed by atoms with Crippen LogP contribution >= 0.6 is 0 Å². The number of methoxy groups -OCH3 is 1. The second-order valence-corrected chi connectivity index (χ2v) is 20.7. The number of aromatic nitrogens is 3. The van der Waals surface area contributed by atoms with Crippen molar-refractivity contribution in [2.75, 3.05) is 26.8 Å². The van der Waals surface area contributed by atoms with Crippen molar-refractivity contribution in [2.45, 2.75) is 172 Å². The number of nitrogens with one attached hydrogen (secondary N) is 3. The molecule has 3 aromatic rings. The van der Waals surface area contributed by atoms with Gasteiger partial charge in [-0.05, 0) is 115 Å². The maximum atomic E-state index is 15.1. The molecule has 2 aromatic carbocycles. The SMILES string of the molecule is COC(C)(C)CCOC(C)(C)CCNC(=O)c1ccc2cc(C(=O)N[C@H](CC3CCCCC3)C(=O)N3C[C@@H](n4nncc4C(C)(C)O)C[C@H]3C(=O)NC3(C(=O)C(N)=O)CCCCC3)ccc2c1. The van der Waals surface area contributed by atoms with Gasteiger partial charge in [-0.15, -0.1) is 5.10 Å². The second-order valence-electron chi connectivity index (χ2n) is 20.7. The maximum Gasteiger partial charge on any atom is 0.287 e. The molecule has 0 unspecified atom stereocenters. The van der Waals surface area contributed by atoms with Crippen LogP contribution in [0.25, 0.3) is 10.8 Å². The minimum atomic E-state index is -1.50. The number of amides is 5. The van der Waals surface area contributed by atoms with Gasteiger partial charge in [0, 0.05) is 37.7 Å². The van der Waals surface area contributed by atoms with Crippen molar-refractivity contribution in [3.63, 3.8) is 0 Å². The van der Waals surface area contributed by atoms with E-state index in [1.807, 2.05) is 27.7 Å². The molecule has 1 saturated heterocycles. The Morgan fingerprint density at radius 3 is 2.10 bits per heavy atom. The number of aliphatic hydroxyl groups is 1. The van der Waals surface area contributed by atoms with E-state index in [1.54, 1.807) is 57.4 Å². The summed E-state index contributed by atoms with van der Waals surface area (Å²) in [5, 5.41) is 29.7. The first-order chi connectivity index (χ1) is 31.6. The molecule has 3 atom stereocenters. The molecule has 366 valence electrons. The molecule has 17 heteroatoms. The van der Waals surface area contributed by atoms with E-state index < -0.39 is 64.3 Å². The molecule has 3 fully saturated rings. The molecule has 0 radical (unpaired) electrons. The highest BCUT2D eigenvalue weighted by Crippen LogP contribution is 2.36. The van der Waals surface area contributed by atoms with Crippen LogP contribution in [-0.2, 0) is 34.3 Å². The molecule has 2 aliphatic carbocycles. The molecule has 2 saturated carbocycles. The van der Waals surface area contributed by atoms with Crippen molar-refractivity contribution in [1.82, 2.24) is 35.8 Å². The van der Waals surface area contributed by atoms with Crippen molar-refractivity contribution >= 4 is 46.1 Å².